The minimum Gasteiger partial charge on any atom is -0.497 e. The summed E-state index contributed by atoms with van der Waals surface area (Å²) in [5.41, 5.74) is 3.67. The van der Waals surface area contributed by atoms with Gasteiger partial charge in [0.15, 0.2) is 0 Å². The Morgan fingerprint density at radius 1 is 0.971 bits per heavy atom. The van der Waals surface area contributed by atoms with Gasteiger partial charge in [-0.25, -0.2) is 8.42 Å². The van der Waals surface area contributed by atoms with Crippen LogP contribution in [0.5, 0.6) is 11.5 Å². The van der Waals surface area contributed by atoms with Gasteiger partial charge in [-0.05, 0) is 91.9 Å². The molecule has 3 atom stereocenters. The van der Waals surface area contributed by atoms with E-state index in [-0.39, 0.29) is 23.0 Å². The number of benzene rings is 3. The van der Waals surface area contributed by atoms with Gasteiger partial charge in [0.2, 0.25) is 0 Å². The number of fused-ring (bicyclic) bond motifs is 3. The second-order valence-corrected chi connectivity index (χ2v) is 11.0. The second kappa shape index (κ2) is 9.30. The fraction of sp³-hybridized carbons (Fsp3) is 0.286. The zero-order valence-electron chi connectivity index (χ0n) is 20.1. The molecule has 182 valence electrons. The number of rotatable bonds is 7. The van der Waals surface area contributed by atoms with Gasteiger partial charge in [-0.2, -0.15) is 0 Å². The second-order valence-electron chi connectivity index (χ2n) is 9.29. The number of ether oxygens (including phenoxy) is 2. The van der Waals surface area contributed by atoms with Crippen molar-refractivity contribution in [2.45, 2.75) is 43.2 Å². The molecule has 2 aliphatic rings. The summed E-state index contributed by atoms with van der Waals surface area (Å²) in [4.78, 5) is 0.251. The number of anilines is 2. The zero-order valence-corrected chi connectivity index (χ0v) is 20.9. The zero-order chi connectivity index (χ0) is 24.6. The lowest BCUT2D eigenvalue weighted by atomic mass is 9.77. The summed E-state index contributed by atoms with van der Waals surface area (Å²) in [6.45, 7) is 4.03. The molecule has 0 saturated heterocycles. The summed E-state index contributed by atoms with van der Waals surface area (Å²) < 4.78 is 39.9. The number of sulfonamides is 1. The maximum absolute atomic E-state index is 13.1. The van der Waals surface area contributed by atoms with Crippen molar-refractivity contribution in [1.29, 1.82) is 0 Å². The third-order valence-electron chi connectivity index (χ3n) is 6.60. The number of hydrogen-bond acceptors (Lipinski definition) is 5. The molecule has 0 unspecified atom stereocenters. The Bertz CT molecular complexity index is 1330. The Balaban J connectivity index is 1.41. The number of allylic oxidation sites excluding steroid dienone is 2. The van der Waals surface area contributed by atoms with Crippen LogP contribution in [0.25, 0.3) is 0 Å². The van der Waals surface area contributed by atoms with Crippen molar-refractivity contribution in [3.63, 3.8) is 0 Å². The van der Waals surface area contributed by atoms with E-state index in [4.69, 9.17) is 9.47 Å². The average Bonchev–Trinajstić information content (AvgIpc) is 3.34. The summed E-state index contributed by atoms with van der Waals surface area (Å²) in [5.74, 6) is 2.00. The van der Waals surface area contributed by atoms with Crippen LogP contribution in [0.2, 0.25) is 0 Å². The largest absolute Gasteiger partial charge is 0.497 e. The van der Waals surface area contributed by atoms with E-state index in [9.17, 15) is 8.42 Å². The first-order valence-corrected chi connectivity index (χ1v) is 13.3. The van der Waals surface area contributed by atoms with Crippen LogP contribution in [0.15, 0.2) is 83.8 Å². The molecule has 0 bridgehead atoms. The van der Waals surface area contributed by atoms with Crippen LogP contribution in [-0.2, 0) is 10.0 Å². The van der Waals surface area contributed by atoms with Crippen LogP contribution in [0.4, 0.5) is 11.4 Å². The van der Waals surface area contributed by atoms with Crippen LogP contribution in [0.1, 0.15) is 43.4 Å². The predicted octanol–water partition coefficient (Wildman–Crippen LogP) is 6.11. The van der Waals surface area contributed by atoms with E-state index in [1.165, 1.54) is 5.56 Å². The minimum absolute atomic E-state index is 0.133. The van der Waals surface area contributed by atoms with Gasteiger partial charge in [0.25, 0.3) is 10.0 Å². The summed E-state index contributed by atoms with van der Waals surface area (Å²) in [6, 6.07) is 20.6. The topological polar surface area (TPSA) is 76.7 Å². The summed E-state index contributed by atoms with van der Waals surface area (Å²) >= 11 is 0. The average molecular weight is 491 g/mol. The Labute approximate surface area is 207 Å². The van der Waals surface area contributed by atoms with E-state index in [1.54, 1.807) is 43.5 Å². The molecule has 5 rings (SSSR count). The van der Waals surface area contributed by atoms with Crippen LogP contribution in [0.3, 0.4) is 0 Å². The maximum atomic E-state index is 13.1. The Morgan fingerprint density at radius 3 is 2.37 bits per heavy atom. The molecular weight excluding hydrogens is 460 g/mol. The number of nitrogens with one attached hydrogen (secondary N) is 2. The molecular formula is C28H30N2O4S. The third kappa shape index (κ3) is 4.73. The normalized spacial score (nSPS) is 20.6. The SMILES string of the molecule is COc1ccc(NS(=O)(=O)c2ccc3c(c2)[C@H]2C=CC[C@H]2[C@@H](c2ccc(OC(C)C)cc2)N3)cc1. The van der Waals surface area contributed by atoms with Gasteiger partial charge in [-0.1, -0.05) is 24.3 Å². The smallest absolute Gasteiger partial charge is 0.261 e. The first-order valence-electron chi connectivity index (χ1n) is 11.8. The molecule has 1 aliphatic heterocycles. The van der Waals surface area contributed by atoms with Crippen LogP contribution < -0.4 is 19.5 Å². The molecule has 3 aromatic carbocycles. The fourth-order valence-corrected chi connectivity index (χ4v) is 6.06. The fourth-order valence-electron chi connectivity index (χ4n) is 4.97. The van der Waals surface area contributed by atoms with E-state index >= 15 is 0 Å². The summed E-state index contributed by atoms with van der Waals surface area (Å²) in [7, 11) is -2.16. The maximum Gasteiger partial charge on any atom is 0.261 e. The van der Waals surface area contributed by atoms with E-state index < -0.39 is 10.0 Å². The van der Waals surface area contributed by atoms with E-state index in [0.717, 1.165) is 23.4 Å². The van der Waals surface area contributed by atoms with Crippen molar-refractivity contribution in [2.75, 3.05) is 17.1 Å². The molecule has 7 heteroatoms. The first kappa shape index (κ1) is 23.3. The van der Waals surface area contributed by atoms with Gasteiger partial charge in [0.05, 0.1) is 24.2 Å². The first-order chi connectivity index (χ1) is 16.8. The number of hydrogen-bond donors (Lipinski definition) is 2. The molecule has 1 aliphatic carbocycles. The third-order valence-corrected chi connectivity index (χ3v) is 7.98. The van der Waals surface area contributed by atoms with Crippen molar-refractivity contribution < 1.29 is 17.9 Å². The van der Waals surface area contributed by atoms with Gasteiger partial charge in [-0.3, -0.25) is 4.72 Å². The Kier molecular flexibility index (Phi) is 6.19. The van der Waals surface area contributed by atoms with Crippen molar-refractivity contribution >= 4 is 21.4 Å². The van der Waals surface area contributed by atoms with E-state index in [0.29, 0.717) is 17.4 Å². The molecule has 2 N–H and O–H groups in total. The van der Waals surface area contributed by atoms with Crippen molar-refractivity contribution in [3.05, 3.63) is 90.0 Å². The van der Waals surface area contributed by atoms with Gasteiger partial charge in [0.1, 0.15) is 11.5 Å². The standard InChI is InChI=1S/C28H30N2O4S/c1-18(2)34-22-11-7-19(8-12-22)28-25-6-4-5-24(25)26-17-23(15-16-27(26)29-28)35(31,32)30-20-9-13-21(33-3)14-10-20/h4-5,7-18,24-25,28-30H,6H2,1-3H3/t24-,25+,28+/m0/s1. The van der Waals surface area contributed by atoms with Crippen LogP contribution in [0, 0.1) is 5.92 Å². The molecule has 0 saturated carbocycles. The van der Waals surface area contributed by atoms with Gasteiger partial charge in [-0.15, -0.1) is 0 Å². The lowest BCUT2D eigenvalue weighted by molar-refractivity contribution is 0.242. The predicted molar refractivity (Wildman–Crippen MR) is 139 cm³/mol. The number of methoxy groups -OCH3 is 1. The van der Waals surface area contributed by atoms with Gasteiger partial charge >= 0.3 is 0 Å². The Hall–Kier alpha value is -3.45. The lowest BCUT2D eigenvalue weighted by Crippen LogP contribution is -2.29. The highest BCUT2D eigenvalue weighted by molar-refractivity contribution is 7.92. The van der Waals surface area contributed by atoms with Crippen molar-refractivity contribution in [2.24, 2.45) is 5.92 Å². The minimum atomic E-state index is -3.73. The quantitative estimate of drug-likeness (QED) is 0.391. The lowest BCUT2D eigenvalue weighted by Gasteiger charge is -2.37. The summed E-state index contributed by atoms with van der Waals surface area (Å²) in [5, 5.41) is 3.68. The molecule has 6 nitrogen and oxygen atoms in total. The van der Waals surface area contributed by atoms with E-state index in [2.05, 4.69) is 34.3 Å². The summed E-state index contributed by atoms with van der Waals surface area (Å²) in [6.07, 6.45) is 5.48. The van der Waals surface area contributed by atoms with Crippen molar-refractivity contribution in [3.8, 4) is 11.5 Å². The molecule has 0 amide bonds. The molecule has 3 aromatic rings. The van der Waals surface area contributed by atoms with Crippen LogP contribution in [-0.4, -0.2) is 21.6 Å². The Morgan fingerprint density at radius 2 is 1.69 bits per heavy atom. The van der Waals surface area contributed by atoms with Gasteiger partial charge < -0.3 is 14.8 Å². The molecule has 0 spiro atoms. The molecule has 0 aromatic heterocycles. The van der Waals surface area contributed by atoms with E-state index in [1.807, 2.05) is 32.0 Å². The van der Waals surface area contributed by atoms with Crippen LogP contribution >= 0.6 is 0 Å². The molecule has 0 fully saturated rings. The molecule has 1 heterocycles. The molecule has 0 radical (unpaired) electrons. The molecule has 35 heavy (non-hydrogen) atoms. The highest BCUT2D eigenvalue weighted by atomic mass is 32.2. The highest BCUT2D eigenvalue weighted by Crippen LogP contribution is 2.50. The van der Waals surface area contributed by atoms with Gasteiger partial charge in [0, 0.05) is 17.3 Å². The highest BCUT2D eigenvalue weighted by Gasteiger charge is 2.38. The van der Waals surface area contributed by atoms with Crippen molar-refractivity contribution in [1.82, 2.24) is 0 Å². The monoisotopic (exact) mass is 490 g/mol.